The van der Waals surface area contributed by atoms with Crippen LogP contribution in [0.4, 0.5) is 0 Å². The lowest BCUT2D eigenvalue weighted by Gasteiger charge is -2.24. The number of nitrogens with zero attached hydrogens (tertiary/aromatic N) is 1. The van der Waals surface area contributed by atoms with Crippen LogP contribution in [-0.2, 0) is 11.2 Å². The highest BCUT2D eigenvalue weighted by atomic mass is 32.2. The number of aliphatic carboxylic acids is 1. The molecule has 1 aromatic rings. The van der Waals surface area contributed by atoms with Crippen molar-refractivity contribution in [2.75, 3.05) is 12.3 Å². The maximum Gasteiger partial charge on any atom is 0.324 e. The Balaban J connectivity index is 2.82. The predicted octanol–water partition coefficient (Wildman–Crippen LogP) is 1.27. The van der Waals surface area contributed by atoms with Crippen molar-refractivity contribution in [3.8, 4) is 0 Å². The van der Waals surface area contributed by atoms with Crippen LogP contribution < -0.4 is 10.9 Å². The monoisotopic (exact) mass is 299 g/mol. The SMILES string of the molecule is CCCc1cc(=O)[nH]c(SCC(C)(NCC)C(=O)O)n1. The van der Waals surface area contributed by atoms with E-state index in [1.54, 1.807) is 6.92 Å². The topological polar surface area (TPSA) is 95.1 Å². The van der Waals surface area contributed by atoms with Gasteiger partial charge in [0.1, 0.15) is 5.54 Å². The third-order valence-corrected chi connectivity index (χ3v) is 4.00. The fraction of sp³-hybridized carbons (Fsp3) is 0.615. The Labute approximate surface area is 122 Å². The van der Waals surface area contributed by atoms with Crippen molar-refractivity contribution in [1.29, 1.82) is 0 Å². The molecule has 0 fully saturated rings. The molecule has 0 bridgehead atoms. The van der Waals surface area contributed by atoms with E-state index in [0.717, 1.165) is 18.5 Å². The average Bonchev–Trinajstić information content (AvgIpc) is 2.36. The zero-order chi connectivity index (χ0) is 15.2. The van der Waals surface area contributed by atoms with Gasteiger partial charge in [-0.05, 0) is 19.9 Å². The smallest absolute Gasteiger partial charge is 0.324 e. The highest BCUT2D eigenvalue weighted by Gasteiger charge is 2.32. The van der Waals surface area contributed by atoms with Gasteiger partial charge in [-0.2, -0.15) is 0 Å². The second-order valence-corrected chi connectivity index (χ2v) is 5.71. The lowest BCUT2D eigenvalue weighted by atomic mass is 10.1. The first-order chi connectivity index (χ1) is 9.41. The maximum atomic E-state index is 11.5. The minimum atomic E-state index is -1.04. The van der Waals surface area contributed by atoms with Gasteiger partial charge in [0.15, 0.2) is 5.16 Å². The maximum absolute atomic E-state index is 11.5. The fourth-order valence-electron chi connectivity index (χ4n) is 1.73. The number of carboxylic acids is 1. The summed E-state index contributed by atoms with van der Waals surface area (Å²) in [6.07, 6.45) is 1.64. The highest BCUT2D eigenvalue weighted by Crippen LogP contribution is 2.19. The molecular formula is C13H21N3O3S. The van der Waals surface area contributed by atoms with Gasteiger partial charge in [0.25, 0.3) is 5.56 Å². The van der Waals surface area contributed by atoms with E-state index in [4.69, 9.17) is 0 Å². The molecule has 3 N–H and O–H groups in total. The van der Waals surface area contributed by atoms with E-state index in [0.29, 0.717) is 11.7 Å². The Kier molecular flexibility index (Phi) is 6.22. The number of aromatic amines is 1. The van der Waals surface area contributed by atoms with Crippen LogP contribution in [0.3, 0.4) is 0 Å². The van der Waals surface area contributed by atoms with Crippen LogP contribution in [0.15, 0.2) is 16.0 Å². The quantitative estimate of drug-likeness (QED) is 0.494. The summed E-state index contributed by atoms with van der Waals surface area (Å²) >= 11 is 1.24. The van der Waals surface area contributed by atoms with Crippen molar-refractivity contribution in [3.63, 3.8) is 0 Å². The third-order valence-electron chi connectivity index (χ3n) is 2.82. The number of aromatic nitrogens is 2. The molecule has 1 heterocycles. The molecule has 1 aromatic heterocycles. The van der Waals surface area contributed by atoms with Crippen LogP contribution >= 0.6 is 11.8 Å². The van der Waals surface area contributed by atoms with Crippen molar-refractivity contribution in [2.45, 2.75) is 44.3 Å². The third kappa shape index (κ3) is 4.64. The van der Waals surface area contributed by atoms with Crippen LogP contribution in [0, 0.1) is 0 Å². The normalized spacial score (nSPS) is 13.9. The molecule has 20 heavy (non-hydrogen) atoms. The van der Waals surface area contributed by atoms with Crippen LogP contribution in [-0.4, -0.2) is 38.9 Å². The predicted molar refractivity (Wildman–Crippen MR) is 79.3 cm³/mol. The van der Waals surface area contributed by atoms with Crippen molar-refractivity contribution < 1.29 is 9.90 Å². The molecule has 0 saturated carbocycles. The second-order valence-electron chi connectivity index (χ2n) is 4.75. The van der Waals surface area contributed by atoms with Gasteiger partial charge in [-0.1, -0.05) is 32.0 Å². The van der Waals surface area contributed by atoms with Gasteiger partial charge >= 0.3 is 5.97 Å². The van der Waals surface area contributed by atoms with Gasteiger partial charge in [0.05, 0.1) is 0 Å². The van der Waals surface area contributed by atoms with E-state index in [1.165, 1.54) is 17.8 Å². The summed E-state index contributed by atoms with van der Waals surface area (Å²) in [5.41, 5.74) is -0.510. The fourth-order valence-corrected chi connectivity index (χ4v) is 2.73. The van der Waals surface area contributed by atoms with Crippen molar-refractivity contribution >= 4 is 17.7 Å². The molecule has 112 valence electrons. The molecule has 0 aliphatic rings. The van der Waals surface area contributed by atoms with Crippen LogP contribution in [0.25, 0.3) is 0 Å². The van der Waals surface area contributed by atoms with Gasteiger partial charge < -0.3 is 15.4 Å². The van der Waals surface area contributed by atoms with E-state index in [1.807, 2.05) is 13.8 Å². The van der Waals surface area contributed by atoms with Gasteiger partial charge in [0.2, 0.25) is 0 Å². The number of carboxylic acid groups (broad SMARTS) is 1. The van der Waals surface area contributed by atoms with E-state index < -0.39 is 11.5 Å². The molecule has 0 aliphatic heterocycles. The zero-order valence-corrected chi connectivity index (χ0v) is 12.8. The Bertz CT molecular complexity index is 518. The number of aryl methyl sites for hydroxylation is 1. The largest absolute Gasteiger partial charge is 0.480 e. The summed E-state index contributed by atoms with van der Waals surface area (Å²) in [7, 11) is 0. The number of hydrogen-bond donors (Lipinski definition) is 3. The van der Waals surface area contributed by atoms with Gasteiger partial charge in [-0.25, -0.2) is 4.98 Å². The summed E-state index contributed by atoms with van der Waals surface area (Å²) < 4.78 is 0. The molecule has 1 atom stereocenters. The van der Waals surface area contributed by atoms with E-state index in [-0.39, 0.29) is 11.3 Å². The molecule has 0 aliphatic carbocycles. The summed E-state index contributed by atoms with van der Waals surface area (Å²) in [4.78, 5) is 29.8. The van der Waals surface area contributed by atoms with Crippen LogP contribution in [0.2, 0.25) is 0 Å². The lowest BCUT2D eigenvalue weighted by molar-refractivity contribution is -0.143. The molecule has 0 radical (unpaired) electrons. The van der Waals surface area contributed by atoms with Crippen molar-refractivity contribution in [2.24, 2.45) is 0 Å². The first-order valence-electron chi connectivity index (χ1n) is 6.62. The molecule has 1 unspecified atom stereocenters. The molecule has 0 aromatic carbocycles. The van der Waals surface area contributed by atoms with Gasteiger partial charge in [0, 0.05) is 17.5 Å². The standard InChI is InChI=1S/C13H21N3O3S/c1-4-6-9-7-10(17)16-12(15-9)20-8-13(3,11(18)19)14-5-2/h7,14H,4-6,8H2,1-3H3,(H,18,19)(H,15,16,17). The summed E-state index contributed by atoms with van der Waals surface area (Å²) in [5.74, 6) is -0.631. The number of carbonyl (C=O) groups is 1. The zero-order valence-electron chi connectivity index (χ0n) is 12.0. The number of nitrogens with one attached hydrogen (secondary N) is 2. The minimum absolute atomic E-state index is 0.202. The van der Waals surface area contributed by atoms with Crippen molar-refractivity contribution in [1.82, 2.24) is 15.3 Å². The Morgan fingerprint density at radius 2 is 2.25 bits per heavy atom. The second kappa shape index (κ2) is 7.44. The van der Waals surface area contributed by atoms with E-state index >= 15 is 0 Å². The first-order valence-corrected chi connectivity index (χ1v) is 7.61. The summed E-state index contributed by atoms with van der Waals surface area (Å²) in [6, 6.07) is 1.48. The molecule has 0 amide bonds. The van der Waals surface area contributed by atoms with Crippen molar-refractivity contribution in [3.05, 3.63) is 22.1 Å². The Morgan fingerprint density at radius 3 is 2.80 bits per heavy atom. The van der Waals surface area contributed by atoms with E-state index in [9.17, 15) is 14.7 Å². The number of rotatable bonds is 8. The minimum Gasteiger partial charge on any atom is -0.480 e. The molecule has 0 saturated heterocycles. The number of thioether (sulfide) groups is 1. The molecule has 0 spiro atoms. The molecule has 6 nitrogen and oxygen atoms in total. The highest BCUT2D eigenvalue weighted by molar-refractivity contribution is 7.99. The summed E-state index contributed by atoms with van der Waals surface area (Å²) in [5, 5.41) is 12.7. The summed E-state index contributed by atoms with van der Waals surface area (Å²) in [6.45, 7) is 6.05. The molecular weight excluding hydrogens is 278 g/mol. The lowest BCUT2D eigenvalue weighted by Crippen LogP contribution is -2.51. The van der Waals surface area contributed by atoms with Crippen LogP contribution in [0.5, 0.6) is 0 Å². The number of H-pyrrole nitrogens is 1. The van der Waals surface area contributed by atoms with Gasteiger partial charge in [-0.15, -0.1) is 0 Å². The number of likely N-dealkylation sites (N-methyl/N-ethyl adjacent to an activating group) is 1. The average molecular weight is 299 g/mol. The number of hydrogen-bond acceptors (Lipinski definition) is 5. The first kappa shape index (κ1) is 16.7. The van der Waals surface area contributed by atoms with E-state index in [2.05, 4.69) is 15.3 Å². The van der Waals surface area contributed by atoms with Gasteiger partial charge in [-0.3, -0.25) is 9.59 Å². The Morgan fingerprint density at radius 1 is 1.55 bits per heavy atom. The van der Waals surface area contributed by atoms with Crippen LogP contribution in [0.1, 0.15) is 32.9 Å². The Hall–Kier alpha value is -1.34. The molecule has 1 rings (SSSR count). The molecule has 7 heteroatoms.